The highest BCUT2D eigenvalue weighted by Gasteiger charge is 2.35. The van der Waals surface area contributed by atoms with Gasteiger partial charge in [-0.1, -0.05) is 6.92 Å². The number of guanidine groups is 1. The fourth-order valence-electron chi connectivity index (χ4n) is 8.43. The van der Waals surface area contributed by atoms with Gasteiger partial charge in [0.15, 0.2) is 5.88 Å². The van der Waals surface area contributed by atoms with Gasteiger partial charge in [0.25, 0.3) is 11.8 Å². The van der Waals surface area contributed by atoms with E-state index in [9.17, 15) is 19.2 Å². The Balaban J connectivity index is 1.03. The number of amides is 4. The maximum atomic E-state index is 15.2. The highest BCUT2D eigenvalue weighted by molar-refractivity contribution is 6.20. The van der Waals surface area contributed by atoms with Crippen LogP contribution in [0, 0.1) is 29.9 Å². The smallest absolute Gasteiger partial charge is 0.280 e. The normalized spacial score (nSPS) is 24.5. The number of benzene rings is 2. The van der Waals surface area contributed by atoms with Gasteiger partial charge >= 0.3 is 0 Å². The molecule has 2 saturated heterocycles. The van der Waals surface area contributed by atoms with E-state index in [1.54, 1.807) is 51.4 Å². The van der Waals surface area contributed by atoms with E-state index < -0.39 is 35.3 Å². The first kappa shape index (κ1) is 43.0. The van der Waals surface area contributed by atoms with Crippen LogP contribution in [0.2, 0.25) is 0 Å². The zero-order chi connectivity index (χ0) is 43.4. The van der Waals surface area contributed by atoms with Gasteiger partial charge in [-0.25, -0.2) is 8.78 Å². The SMILES string of the molecule is CN/C1=C(\C=N)c2cc(cc(C)n2)C(=O)/N=C2\Nc3ccc(C(=O)N[C@H]4CCN(CCc5cc(F)c([C@H]6CCC(=O)NC6=O)c(F)c5)C[C@H]4OC)cc3N2C[C@H](C)CCCO1. The lowest BCUT2D eigenvalue weighted by Crippen LogP contribution is -2.55. The Bertz CT molecular complexity index is 2280. The highest BCUT2D eigenvalue weighted by atomic mass is 19.1. The van der Waals surface area contributed by atoms with Gasteiger partial charge in [0.2, 0.25) is 17.8 Å². The van der Waals surface area contributed by atoms with Gasteiger partial charge in [0.1, 0.15) is 11.6 Å². The molecule has 0 spiro atoms. The maximum absolute atomic E-state index is 15.2. The summed E-state index contributed by atoms with van der Waals surface area (Å²) in [6.07, 6.45) is 3.31. The molecule has 3 aromatic rings. The Labute approximate surface area is 352 Å². The second-order valence-corrected chi connectivity index (χ2v) is 16.0. The number of nitrogens with zero attached hydrogens (tertiary/aromatic N) is 4. The highest BCUT2D eigenvalue weighted by Crippen LogP contribution is 2.35. The predicted molar refractivity (Wildman–Crippen MR) is 226 cm³/mol. The van der Waals surface area contributed by atoms with E-state index in [-0.39, 0.29) is 42.4 Å². The van der Waals surface area contributed by atoms with Crippen molar-refractivity contribution in [3.05, 3.63) is 93.6 Å². The minimum absolute atomic E-state index is 0.0215. The van der Waals surface area contributed by atoms with Gasteiger partial charge in [-0.05, 0) is 93.0 Å². The fraction of sp³-hybridized carbons (Fsp3) is 0.432. The van der Waals surface area contributed by atoms with Crippen molar-refractivity contribution >= 4 is 52.8 Å². The first-order chi connectivity index (χ1) is 29.3. The van der Waals surface area contributed by atoms with E-state index in [4.69, 9.17) is 14.9 Å². The Kier molecular flexibility index (Phi) is 13.2. The number of aliphatic imine (C=N–C) groups is 1. The molecule has 0 saturated carbocycles. The number of ether oxygens (including phenoxy) is 2. The number of pyridine rings is 1. The number of fused-ring (bicyclic) bond motifs is 5. The molecular weight excluding hydrogens is 789 g/mol. The zero-order valence-corrected chi connectivity index (χ0v) is 34.7. The van der Waals surface area contributed by atoms with Crippen LogP contribution in [0.15, 0.2) is 53.3 Å². The Morgan fingerprint density at radius 3 is 2.57 bits per heavy atom. The minimum Gasteiger partial charge on any atom is -0.479 e. The van der Waals surface area contributed by atoms with Crippen LogP contribution in [0.3, 0.4) is 0 Å². The third-order valence-electron chi connectivity index (χ3n) is 11.6. The molecule has 0 aliphatic carbocycles. The second-order valence-electron chi connectivity index (χ2n) is 16.0. The molecule has 4 atom stereocenters. The van der Waals surface area contributed by atoms with Gasteiger partial charge in [-0.15, -0.1) is 0 Å². The molecule has 17 heteroatoms. The van der Waals surface area contributed by atoms with Crippen LogP contribution in [0.1, 0.15) is 88.2 Å². The van der Waals surface area contributed by atoms with E-state index >= 15 is 8.78 Å². The number of nitrogens with one attached hydrogen (secondary N) is 5. The summed E-state index contributed by atoms with van der Waals surface area (Å²) < 4.78 is 42.2. The number of methoxy groups -OCH3 is 1. The van der Waals surface area contributed by atoms with Crippen LogP contribution < -0.4 is 26.2 Å². The van der Waals surface area contributed by atoms with Gasteiger partial charge in [0, 0.05) is 75.4 Å². The number of halogens is 2. The van der Waals surface area contributed by atoms with Crippen molar-refractivity contribution in [2.75, 3.05) is 57.2 Å². The molecule has 2 aromatic carbocycles. The van der Waals surface area contributed by atoms with Gasteiger partial charge in [0.05, 0.1) is 47.3 Å². The van der Waals surface area contributed by atoms with Crippen molar-refractivity contribution in [1.82, 2.24) is 25.8 Å². The molecule has 0 radical (unpaired) electrons. The predicted octanol–water partition coefficient (Wildman–Crippen LogP) is 4.66. The summed E-state index contributed by atoms with van der Waals surface area (Å²) in [4.78, 5) is 64.6. The summed E-state index contributed by atoms with van der Waals surface area (Å²) in [6.45, 7) is 6.36. The molecule has 5 N–H and O–H groups in total. The molecule has 4 aliphatic rings. The number of imide groups is 1. The molecule has 4 aliphatic heterocycles. The number of aromatic nitrogens is 1. The molecular formula is C44H51F2N9O6. The van der Waals surface area contributed by atoms with E-state index in [0.717, 1.165) is 19.1 Å². The molecule has 61 heavy (non-hydrogen) atoms. The van der Waals surface area contributed by atoms with Crippen LogP contribution in [0.4, 0.5) is 20.2 Å². The Hall–Kier alpha value is -6.07. The lowest BCUT2D eigenvalue weighted by Gasteiger charge is -2.38. The number of hydrogen-bond donors (Lipinski definition) is 5. The largest absolute Gasteiger partial charge is 0.479 e. The van der Waals surface area contributed by atoms with Crippen molar-refractivity contribution in [3.63, 3.8) is 0 Å². The number of piperidine rings is 2. The molecule has 7 rings (SSSR count). The third kappa shape index (κ3) is 9.62. The van der Waals surface area contributed by atoms with Crippen LogP contribution in [-0.2, 0) is 25.5 Å². The van der Waals surface area contributed by atoms with Gasteiger partial charge in [-0.2, -0.15) is 4.99 Å². The van der Waals surface area contributed by atoms with Crippen LogP contribution in [0.5, 0.6) is 0 Å². The first-order valence-corrected chi connectivity index (χ1v) is 20.6. The number of rotatable bonds is 9. The van der Waals surface area contributed by atoms with E-state index in [1.165, 1.54) is 12.1 Å². The molecule has 2 fully saturated rings. The van der Waals surface area contributed by atoms with Crippen LogP contribution in [0.25, 0.3) is 5.57 Å². The van der Waals surface area contributed by atoms with Crippen LogP contribution >= 0.6 is 0 Å². The number of anilines is 2. The van der Waals surface area contributed by atoms with Crippen molar-refractivity contribution in [3.8, 4) is 0 Å². The average molecular weight is 840 g/mol. The summed E-state index contributed by atoms with van der Waals surface area (Å²) in [5, 5.41) is 19.7. The Morgan fingerprint density at radius 2 is 1.85 bits per heavy atom. The van der Waals surface area contributed by atoms with Crippen molar-refractivity contribution in [2.24, 2.45) is 10.9 Å². The summed E-state index contributed by atoms with van der Waals surface area (Å²) in [5.74, 6) is -3.73. The standard InChI is InChI=1S/C44H51F2N9O6/c1-24-6-5-15-61-43(48-3)30(21-47)35-19-28(16-25(2)49-35)41(58)53-44-51-33-9-7-27(20-36(33)55(44)22-24)40(57)50-34-12-14-54(23-37(34)60-4)13-11-26-17-31(45)39(32(46)18-26)29-8-10-38(56)52-42(29)59/h7,9,16-21,24,29,34,37,47-48H,5-6,8,10-15,22-23H2,1-4H3,(H,50,57)(H,51,53,58)(H,52,56,59)/b43-30-,47-21?/t24-,29-,34+,37-/m1/s1. The van der Waals surface area contributed by atoms with Crippen molar-refractivity contribution < 1.29 is 37.4 Å². The number of hydrogen-bond acceptors (Lipinski definition) is 12. The number of carbonyl (C=O) groups is 4. The van der Waals surface area contributed by atoms with Crippen molar-refractivity contribution in [2.45, 2.75) is 70.4 Å². The zero-order valence-electron chi connectivity index (χ0n) is 34.7. The summed E-state index contributed by atoms with van der Waals surface area (Å²) >= 11 is 0. The number of aryl methyl sites for hydroxylation is 1. The van der Waals surface area contributed by atoms with Gasteiger partial charge < -0.3 is 40.6 Å². The summed E-state index contributed by atoms with van der Waals surface area (Å²) in [6, 6.07) is 10.8. The third-order valence-corrected chi connectivity index (χ3v) is 11.6. The van der Waals surface area contributed by atoms with Crippen LogP contribution in [-0.4, -0.2) is 105 Å². The number of carbonyl (C=O) groups excluding carboxylic acids is 4. The maximum Gasteiger partial charge on any atom is 0.280 e. The van der Waals surface area contributed by atoms with Gasteiger partial charge in [-0.3, -0.25) is 29.5 Å². The molecule has 2 bridgehead atoms. The summed E-state index contributed by atoms with van der Waals surface area (Å²) in [7, 11) is 3.30. The Morgan fingerprint density at radius 1 is 1.07 bits per heavy atom. The minimum atomic E-state index is -1.05. The first-order valence-electron chi connectivity index (χ1n) is 20.6. The lowest BCUT2D eigenvalue weighted by molar-refractivity contribution is -0.134. The average Bonchev–Trinajstić information content (AvgIpc) is 3.56. The molecule has 4 amide bonds. The second kappa shape index (κ2) is 18.7. The summed E-state index contributed by atoms with van der Waals surface area (Å²) in [5.41, 5.74) is 3.66. The molecule has 1 aromatic heterocycles. The van der Waals surface area contributed by atoms with E-state index in [2.05, 4.69) is 43.1 Å². The number of likely N-dealkylation sites (tertiary alicyclic amines) is 1. The van der Waals surface area contributed by atoms with Crippen molar-refractivity contribution in [1.29, 1.82) is 5.41 Å². The van der Waals surface area contributed by atoms with E-state index in [1.807, 2.05) is 4.90 Å². The molecule has 15 nitrogen and oxygen atoms in total. The quantitative estimate of drug-likeness (QED) is 0.149. The monoisotopic (exact) mass is 839 g/mol. The topological polar surface area (TPSA) is 190 Å². The lowest BCUT2D eigenvalue weighted by atomic mass is 9.89. The molecule has 0 unspecified atom stereocenters. The molecule has 5 heterocycles. The number of allylic oxidation sites excluding steroid dienone is 1. The fourth-order valence-corrected chi connectivity index (χ4v) is 8.43. The molecule has 322 valence electrons. The van der Waals surface area contributed by atoms with E-state index in [0.29, 0.717) is 102 Å².